The summed E-state index contributed by atoms with van der Waals surface area (Å²) in [6.07, 6.45) is -6.69. The summed E-state index contributed by atoms with van der Waals surface area (Å²) in [5, 5.41) is 31.4. The van der Waals surface area contributed by atoms with Gasteiger partial charge in [0.05, 0.1) is 46.6 Å². The second-order valence-corrected chi connectivity index (χ2v) is 9.13. The summed E-state index contributed by atoms with van der Waals surface area (Å²) in [4.78, 5) is 23.7. The number of aliphatic hydroxyl groups excluding tert-OH is 3. The molecule has 3 unspecified atom stereocenters. The minimum Gasteiger partial charge on any atom is -0.778 e. The number of aliphatic hydroxyl groups is 3. The second-order valence-electron chi connectivity index (χ2n) is 7.21. The van der Waals surface area contributed by atoms with Crippen molar-refractivity contribution in [2.45, 2.75) is 37.4 Å². The van der Waals surface area contributed by atoms with Gasteiger partial charge in [-0.2, -0.15) is 0 Å². The van der Waals surface area contributed by atoms with E-state index in [1.807, 2.05) is 21.1 Å². The van der Waals surface area contributed by atoms with Gasteiger partial charge in [0.2, 0.25) is 0 Å². The summed E-state index contributed by atoms with van der Waals surface area (Å²) in [5.74, 6) is -0.721. The van der Waals surface area contributed by atoms with Crippen LogP contribution in [0.5, 0.6) is 0 Å². The molecular weight excluding hydrogens is 355 g/mol. The standard InChI is InChI=1S/C14H29N2O8P/c1-9-10(17)11(18)12(19)13(24-9)14(20)15-5-7-23-25(21,22)8-6-16(2,3)4/h9-13,17-19H,5-8H2,1-4H3,(H-,15,20,21,22)/t9?,10-,11+,12-,13?/m0/s1. The van der Waals surface area contributed by atoms with Crippen molar-refractivity contribution in [3.05, 3.63) is 0 Å². The maximum absolute atomic E-state index is 12.0. The van der Waals surface area contributed by atoms with Crippen LogP contribution in [-0.4, -0.2) is 103 Å². The van der Waals surface area contributed by atoms with Gasteiger partial charge >= 0.3 is 0 Å². The van der Waals surface area contributed by atoms with Crippen LogP contribution in [0.2, 0.25) is 0 Å². The van der Waals surface area contributed by atoms with Gasteiger partial charge in [0.15, 0.2) is 6.10 Å². The predicted molar refractivity (Wildman–Crippen MR) is 86.7 cm³/mol. The molecule has 0 aromatic rings. The van der Waals surface area contributed by atoms with E-state index in [9.17, 15) is 29.6 Å². The number of carbonyl (C=O) groups is 1. The summed E-state index contributed by atoms with van der Waals surface area (Å²) < 4.78 is 22.3. The highest BCUT2D eigenvalue weighted by atomic mass is 31.2. The molecule has 0 bridgehead atoms. The second kappa shape index (κ2) is 8.88. The number of rotatable bonds is 8. The smallest absolute Gasteiger partial charge is 0.252 e. The number of carbonyl (C=O) groups excluding carboxylic acids is 1. The van der Waals surface area contributed by atoms with Crippen molar-refractivity contribution in [3.63, 3.8) is 0 Å². The van der Waals surface area contributed by atoms with E-state index < -0.39 is 44.0 Å². The lowest BCUT2D eigenvalue weighted by molar-refractivity contribution is -0.868. The number of nitrogens with one attached hydrogen (secondary N) is 1. The van der Waals surface area contributed by atoms with Crippen molar-refractivity contribution in [1.29, 1.82) is 0 Å². The van der Waals surface area contributed by atoms with Crippen molar-refractivity contribution in [2.24, 2.45) is 0 Å². The number of amides is 1. The maximum atomic E-state index is 12.0. The van der Waals surface area contributed by atoms with Gasteiger partial charge in [-0.25, -0.2) is 0 Å². The Bertz CT molecular complexity index is 498. The molecule has 1 aliphatic rings. The lowest BCUT2D eigenvalue weighted by Gasteiger charge is -2.38. The fraction of sp³-hybridized carbons (Fsp3) is 0.929. The van der Waals surface area contributed by atoms with Crippen LogP contribution < -0.4 is 10.2 Å². The summed E-state index contributed by atoms with van der Waals surface area (Å²) >= 11 is 0. The van der Waals surface area contributed by atoms with E-state index >= 15 is 0 Å². The van der Waals surface area contributed by atoms with E-state index in [0.29, 0.717) is 11.0 Å². The molecule has 6 atom stereocenters. The molecule has 0 aromatic heterocycles. The molecule has 25 heavy (non-hydrogen) atoms. The molecule has 0 aliphatic carbocycles. The van der Waals surface area contributed by atoms with Gasteiger partial charge in [-0.05, 0) is 6.92 Å². The minimum atomic E-state index is -3.99. The van der Waals surface area contributed by atoms with Crippen LogP contribution >= 0.6 is 7.60 Å². The first-order valence-corrected chi connectivity index (χ1v) is 9.79. The van der Waals surface area contributed by atoms with E-state index in [4.69, 9.17) is 9.26 Å². The van der Waals surface area contributed by atoms with Gasteiger partial charge in [-0.1, -0.05) is 0 Å². The Balaban J connectivity index is 2.38. The first kappa shape index (κ1) is 22.5. The molecule has 0 spiro atoms. The van der Waals surface area contributed by atoms with E-state index in [1.54, 1.807) is 0 Å². The van der Waals surface area contributed by atoms with E-state index in [2.05, 4.69) is 5.32 Å². The topological polar surface area (TPSA) is 148 Å². The van der Waals surface area contributed by atoms with Crippen molar-refractivity contribution < 1.29 is 43.3 Å². The highest BCUT2D eigenvalue weighted by Crippen LogP contribution is 2.36. The number of hydrogen-bond donors (Lipinski definition) is 4. The van der Waals surface area contributed by atoms with Gasteiger partial charge < -0.3 is 43.8 Å². The van der Waals surface area contributed by atoms with Crippen LogP contribution in [0.3, 0.4) is 0 Å². The van der Waals surface area contributed by atoms with E-state index in [1.165, 1.54) is 6.92 Å². The molecule has 148 valence electrons. The first-order chi connectivity index (χ1) is 11.3. The average Bonchev–Trinajstić information content (AvgIpc) is 2.50. The summed E-state index contributed by atoms with van der Waals surface area (Å²) in [7, 11) is 1.60. The third kappa shape index (κ3) is 7.28. The van der Waals surface area contributed by atoms with Gasteiger partial charge in [0, 0.05) is 6.54 Å². The molecule has 1 rings (SSSR count). The third-order valence-electron chi connectivity index (χ3n) is 3.84. The zero-order chi connectivity index (χ0) is 19.4. The van der Waals surface area contributed by atoms with Crippen molar-refractivity contribution >= 4 is 13.5 Å². The Morgan fingerprint density at radius 1 is 1.24 bits per heavy atom. The largest absolute Gasteiger partial charge is 0.778 e. The lowest BCUT2D eigenvalue weighted by atomic mass is 9.95. The SMILES string of the molecule is CC1OC(C(=O)NCCOP(=O)([O-])CC[N+](C)(C)C)[C@@H](O)[C@H](O)[C@H]1O. The molecule has 1 amide bonds. The highest BCUT2D eigenvalue weighted by molar-refractivity contribution is 7.51. The fourth-order valence-electron chi connectivity index (χ4n) is 2.21. The summed E-state index contributed by atoms with van der Waals surface area (Å²) in [5.41, 5.74) is 0. The molecule has 0 saturated carbocycles. The summed E-state index contributed by atoms with van der Waals surface area (Å²) in [6, 6.07) is 0. The summed E-state index contributed by atoms with van der Waals surface area (Å²) in [6.45, 7) is 1.51. The molecule has 1 fully saturated rings. The normalized spacial score (nSPS) is 32.9. The van der Waals surface area contributed by atoms with Crippen LogP contribution in [0.15, 0.2) is 0 Å². The number of hydrogen-bond acceptors (Lipinski definition) is 8. The minimum absolute atomic E-state index is 0.102. The fourth-order valence-corrected chi connectivity index (χ4v) is 3.56. The van der Waals surface area contributed by atoms with E-state index in [0.717, 1.165) is 0 Å². The highest BCUT2D eigenvalue weighted by Gasteiger charge is 2.44. The molecule has 4 N–H and O–H groups in total. The Kier molecular flexibility index (Phi) is 7.97. The third-order valence-corrected chi connectivity index (χ3v) is 5.17. The number of nitrogens with zero attached hydrogens (tertiary/aromatic N) is 1. The van der Waals surface area contributed by atoms with E-state index in [-0.39, 0.29) is 19.3 Å². The van der Waals surface area contributed by atoms with Crippen LogP contribution in [0.1, 0.15) is 6.92 Å². The van der Waals surface area contributed by atoms with Crippen LogP contribution in [0, 0.1) is 0 Å². The Morgan fingerprint density at radius 3 is 2.40 bits per heavy atom. The average molecular weight is 384 g/mol. The molecule has 1 aliphatic heterocycles. The van der Waals surface area contributed by atoms with Gasteiger partial charge in [0.1, 0.15) is 25.9 Å². The van der Waals surface area contributed by atoms with Gasteiger partial charge in [-0.15, -0.1) is 0 Å². The first-order valence-electron chi connectivity index (χ1n) is 8.06. The number of quaternary nitrogens is 1. The predicted octanol–water partition coefficient (Wildman–Crippen LogP) is -2.75. The Labute approximate surface area is 147 Å². The lowest BCUT2D eigenvalue weighted by Crippen LogP contribution is -2.60. The zero-order valence-electron chi connectivity index (χ0n) is 15.0. The maximum Gasteiger partial charge on any atom is 0.252 e. The molecule has 0 radical (unpaired) electrons. The molecular formula is C14H29N2O8P. The van der Waals surface area contributed by atoms with Crippen LogP contribution in [-0.2, 0) is 18.6 Å². The Morgan fingerprint density at radius 2 is 1.84 bits per heavy atom. The van der Waals surface area contributed by atoms with Crippen molar-refractivity contribution in [3.8, 4) is 0 Å². The van der Waals surface area contributed by atoms with Crippen molar-refractivity contribution in [2.75, 3.05) is 47.0 Å². The van der Waals surface area contributed by atoms with Gasteiger partial charge in [-0.3, -0.25) is 4.79 Å². The molecule has 1 heterocycles. The molecule has 10 nitrogen and oxygen atoms in total. The van der Waals surface area contributed by atoms with Crippen LogP contribution in [0.25, 0.3) is 0 Å². The van der Waals surface area contributed by atoms with Crippen LogP contribution in [0.4, 0.5) is 0 Å². The van der Waals surface area contributed by atoms with Crippen molar-refractivity contribution in [1.82, 2.24) is 5.32 Å². The van der Waals surface area contributed by atoms with Gasteiger partial charge in [0.25, 0.3) is 5.91 Å². The number of ether oxygens (including phenoxy) is 1. The monoisotopic (exact) mass is 384 g/mol. The molecule has 1 saturated heterocycles. The zero-order valence-corrected chi connectivity index (χ0v) is 15.9. The molecule has 11 heteroatoms. The quantitative estimate of drug-likeness (QED) is 0.200. The Hall–Kier alpha value is -0.580. The molecule has 0 aromatic carbocycles.